The van der Waals surface area contributed by atoms with Crippen molar-refractivity contribution in [2.45, 2.75) is 11.8 Å². The van der Waals surface area contributed by atoms with Gasteiger partial charge in [-0.2, -0.15) is 0 Å². The van der Waals surface area contributed by atoms with E-state index in [0.29, 0.717) is 8.95 Å². The number of halogens is 3. The van der Waals surface area contributed by atoms with Gasteiger partial charge in [-0.3, -0.25) is 4.72 Å². The average Bonchev–Trinajstić information content (AvgIpc) is 2.31. The van der Waals surface area contributed by atoms with Gasteiger partial charge in [0, 0.05) is 15.1 Å². The van der Waals surface area contributed by atoms with Gasteiger partial charge in [-0.05, 0) is 46.6 Å². The zero-order valence-electron chi connectivity index (χ0n) is 10.7. The highest BCUT2D eigenvalue weighted by molar-refractivity contribution is 9.11. The molecule has 1 aromatic carbocycles. The van der Waals surface area contributed by atoms with E-state index in [1.807, 2.05) is 0 Å². The lowest BCUT2D eigenvalue weighted by atomic mass is 10.3. The van der Waals surface area contributed by atoms with Crippen molar-refractivity contribution < 1.29 is 8.42 Å². The number of anilines is 2. The van der Waals surface area contributed by atoms with Crippen molar-refractivity contribution >= 4 is 64.9 Å². The van der Waals surface area contributed by atoms with Gasteiger partial charge < -0.3 is 5.73 Å². The van der Waals surface area contributed by atoms with Crippen LogP contribution >= 0.6 is 43.5 Å². The van der Waals surface area contributed by atoms with Crippen molar-refractivity contribution in [1.82, 2.24) is 4.98 Å². The van der Waals surface area contributed by atoms with Gasteiger partial charge in [0.25, 0.3) is 10.0 Å². The number of rotatable bonds is 3. The molecular formula is C12H10Br2ClN3O2S. The van der Waals surface area contributed by atoms with Gasteiger partial charge >= 0.3 is 0 Å². The van der Waals surface area contributed by atoms with Crippen LogP contribution in [-0.2, 0) is 10.0 Å². The quantitative estimate of drug-likeness (QED) is 0.542. The number of sulfonamides is 1. The molecule has 0 aliphatic heterocycles. The van der Waals surface area contributed by atoms with Crippen LogP contribution in [0.25, 0.3) is 0 Å². The van der Waals surface area contributed by atoms with Gasteiger partial charge in [-0.25, -0.2) is 13.4 Å². The van der Waals surface area contributed by atoms with E-state index in [2.05, 4.69) is 41.6 Å². The molecule has 0 amide bonds. The Morgan fingerprint density at radius 2 is 1.95 bits per heavy atom. The predicted octanol–water partition coefficient (Wildman–Crippen LogP) is 3.95. The Hall–Kier alpha value is -0.830. The summed E-state index contributed by atoms with van der Waals surface area (Å²) < 4.78 is 28.4. The predicted molar refractivity (Wildman–Crippen MR) is 91.0 cm³/mol. The average molecular weight is 456 g/mol. The number of pyridine rings is 1. The fraction of sp³-hybridized carbons (Fsp3) is 0.0833. The lowest BCUT2D eigenvalue weighted by molar-refractivity contribution is 0.601. The van der Waals surface area contributed by atoms with E-state index < -0.39 is 10.0 Å². The molecule has 0 bridgehead atoms. The normalized spacial score (nSPS) is 11.4. The van der Waals surface area contributed by atoms with Crippen LogP contribution in [0.3, 0.4) is 0 Å². The molecule has 2 aromatic rings. The van der Waals surface area contributed by atoms with Crippen molar-refractivity contribution in [3.63, 3.8) is 0 Å². The van der Waals surface area contributed by atoms with Crippen molar-refractivity contribution in [1.29, 1.82) is 0 Å². The maximum absolute atomic E-state index is 12.5. The fourth-order valence-corrected chi connectivity index (χ4v) is 5.02. The third-order valence-corrected chi connectivity index (χ3v) is 5.65. The highest BCUT2D eigenvalue weighted by Gasteiger charge is 2.23. The van der Waals surface area contributed by atoms with Gasteiger partial charge in [0.1, 0.15) is 4.90 Å². The Bertz CT molecular complexity index is 789. The van der Waals surface area contributed by atoms with Crippen LogP contribution in [-0.4, -0.2) is 13.4 Å². The summed E-state index contributed by atoms with van der Waals surface area (Å²) in [5.74, 6) is 0. The number of nitrogens with one attached hydrogen (secondary N) is 1. The fourth-order valence-electron chi connectivity index (χ4n) is 1.68. The number of benzene rings is 1. The summed E-state index contributed by atoms with van der Waals surface area (Å²) in [6, 6.07) is 4.70. The molecule has 1 aromatic heterocycles. The summed E-state index contributed by atoms with van der Waals surface area (Å²) in [7, 11) is -3.90. The molecule has 0 unspecified atom stereocenters. The number of nitrogens with zero attached hydrogens (tertiary/aromatic N) is 1. The molecule has 0 saturated carbocycles. The molecule has 9 heteroatoms. The zero-order chi connectivity index (χ0) is 15.8. The highest BCUT2D eigenvalue weighted by Crippen LogP contribution is 2.33. The van der Waals surface area contributed by atoms with E-state index in [1.54, 1.807) is 25.3 Å². The molecular weight excluding hydrogens is 445 g/mol. The Labute approximate surface area is 144 Å². The molecule has 0 spiro atoms. The molecule has 112 valence electrons. The van der Waals surface area contributed by atoms with Gasteiger partial charge in [0.15, 0.2) is 5.15 Å². The largest absolute Gasteiger partial charge is 0.398 e. The first-order valence-corrected chi connectivity index (χ1v) is 9.05. The maximum atomic E-state index is 12.5. The van der Waals surface area contributed by atoms with E-state index in [9.17, 15) is 8.42 Å². The van der Waals surface area contributed by atoms with Crippen molar-refractivity contribution in [2.75, 3.05) is 10.5 Å². The maximum Gasteiger partial charge on any atom is 0.265 e. The van der Waals surface area contributed by atoms with Crippen LogP contribution in [0, 0.1) is 6.92 Å². The van der Waals surface area contributed by atoms with Crippen LogP contribution in [0.1, 0.15) is 5.56 Å². The highest BCUT2D eigenvalue weighted by atomic mass is 79.9. The van der Waals surface area contributed by atoms with Gasteiger partial charge in [-0.15, -0.1) is 0 Å². The van der Waals surface area contributed by atoms with Crippen LogP contribution in [0.2, 0.25) is 5.15 Å². The Balaban J connectivity index is 2.51. The third-order valence-electron chi connectivity index (χ3n) is 2.53. The van der Waals surface area contributed by atoms with E-state index in [4.69, 9.17) is 17.3 Å². The summed E-state index contributed by atoms with van der Waals surface area (Å²) in [5.41, 5.74) is 6.89. The monoisotopic (exact) mass is 453 g/mol. The van der Waals surface area contributed by atoms with Crippen LogP contribution in [0.15, 0.2) is 38.2 Å². The molecule has 21 heavy (non-hydrogen) atoms. The lowest BCUT2D eigenvalue weighted by Gasteiger charge is -2.13. The summed E-state index contributed by atoms with van der Waals surface area (Å²) in [5, 5.41) is 0.0657. The minimum Gasteiger partial charge on any atom is -0.398 e. The zero-order valence-corrected chi connectivity index (χ0v) is 15.4. The summed E-state index contributed by atoms with van der Waals surface area (Å²) in [6.07, 6.45) is 1.55. The number of hydrogen-bond donors (Lipinski definition) is 2. The molecule has 1 heterocycles. The van der Waals surface area contributed by atoms with Gasteiger partial charge in [0.05, 0.1) is 11.4 Å². The van der Waals surface area contributed by atoms with Crippen LogP contribution in [0.5, 0.6) is 0 Å². The standard InChI is InChI=1S/C12H10Br2ClN3O2S/c1-6-2-10(12(15)17-5-6)18-21(19,20)11-8(14)3-7(13)4-9(11)16/h2-5,18H,16H2,1H3. The van der Waals surface area contributed by atoms with Gasteiger partial charge in [0.2, 0.25) is 0 Å². The summed E-state index contributed by atoms with van der Waals surface area (Å²) >= 11 is 12.4. The summed E-state index contributed by atoms with van der Waals surface area (Å²) in [6.45, 7) is 1.78. The van der Waals surface area contributed by atoms with Crippen LogP contribution < -0.4 is 10.5 Å². The minimum absolute atomic E-state index is 0.0525. The topological polar surface area (TPSA) is 85.1 Å². The van der Waals surface area contributed by atoms with Crippen molar-refractivity contribution in [3.8, 4) is 0 Å². The second kappa shape index (κ2) is 6.12. The van der Waals surface area contributed by atoms with E-state index in [-0.39, 0.29) is 21.4 Å². The molecule has 0 fully saturated rings. The lowest BCUT2D eigenvalue weighted by Crippen LogP contribution is -2.16. The Morgan fingerprint density at radius 3 is 2.57 bits per heavy atom. The third kappa shape index (κ3) is 3.68. The number of nitrogen functional groups attached to an aromatic ring is 1. The number of hydrogen-bond acceptors (Lipinski definition) is 4. The smallest absolute Gasteiger partial charge is 0.265 e. The molecule has 2 rings (SSSR count). The molecule has 3 N–H and O–H groups in total. The SMILES string of the molecule is Cc1cnc(Cl)c(NS(=O)(=O)c2c(N)cc(Br)cc2Br)c1. The second-order valence-corrected chi connectivity index (χ2v) is 8.01. The van der Waals surface area contributed by atoms with Crippen LogP contribution in [0.4, 0.5) is 11.4 Å². The molecule has 0 radical (unpaired) electrons. The minimum atomic E-state index is -3.90. The molecule has 0 aliphatic rings. The first-order chi connectivity index (χ1) is 9.70. The second-order valence-electron chi connectivity index (χ2n) is 4.26. The van der Waals surface area contributed by atoms with Crippen molar-refractivity contribution in [2.24, 2.45) is 0 Å². The number of aryl methyl sites for hydroxylation is 1. The Morgan fingerprint density at radius 1 is 1.29 bits per heavy atom. The van der Waals surface area contributed by atoms with E-state index >= 15 is 0 Å². The Kier molecular flexibility index (Phi) is 4.82. The number of nitrogens with two attached hydrogens (primary N) is 1. The molecule has 0 aliphatic carbocycles. The molecule has 0 saturated heterocycles. The first kappa shape index (κ1) is 16.5. The molecule has 0 atom stereocenters. The van der Waals surface area contributed by atoms with Gasteiger partial charge in [-0.1, -0.05) is 27.5 Å². The van der Waals surface area contributed by atoms with E-state index in [0.717, 1.165) is 5.56 Å². The number of aromatic nitrogens is 1. The first-order valence-electron chi connectivity index (χ1n) is 5.60. The van der Waals surface area contributed by atoms with E-state index in [1.165, 1.54) is 6.07 Å². The van der Waals surface area contributed by atoms with Crippen molar-refractivity contribution in [3.05, 3.63) is 44.1 Å². The molecule has 5 nitrogen and oxygen atoms in total. The summed E-state index contributed by atoms with van der Waals surface area (Å²) in [4.78, 5) is 3.85.